The number of carbonyl (C=O) groups excluding carboxylic acids is 1. The lowest BCUT2D eigenvalue weighted by molar-refractivity contribution is 0.00667. The summed E-state index contributed by atoms with van der Waals surface area (Å²) in [6, 6.07) is 0. The van der Waals surface area contributed by atoms with Crippen LogP contribution in [0.4, 0.5) is 4.79 Å². The first-order valence-electron chi connectivity index (χ1n) is 7.40. The minimum atomic E-state index is -0.458. The second-order valence-electron chi connectivity index (χ2n) is 6.91. The van der Waals surface area contributed by atoms with Gasteiger partial charge < -0.3 is 15.0 Å². The molecular formula is C16H32N2O2. The molecule has 0 aromatic heterocycles. The Bertz CT molecular complexity index is 311. The van der Waals surface area contributed by atoms with Crippen LogP contribution in [-0.2, 0) is 4.74 Å². The molecule has 0 aromatic rings. The minimum absolute atomic E-state index is 0.243. The van der Waals surface area contributed by atoms with Crippen molar-refractivity contribution in [2.45, 2.75) is 66.0 Å². The van der Waals surface area contributed by atoms with E-state index in [0.29, 0.717) is 6.54 Å². The van der Waals surface area contributed by atoms with Crippen molar-refractivity contribution in [1.29, 1.82) is 0 Å². The maximum atomic E-state index is 12.2. The van der Waals surface area contributed by atoms with Crippen LogP contribution >= 0.6 is 0 Å². The molecule has 0 rings (SSSR count). The van der Waals surface area contributed by atoms with Crippen molar-refractivity contribution in [3.63, 3.8) is 0 Å². The van der Waals surface area contributed by atoms with Gasteiger partial charge in [0, 0.05) is 18.6 Å². The van der Waals surface area contributed by atoms with Gasteiger partial charge in [-0.2, -0.15) is 0 Å². The largest absolute Gasteiger partial charge is 0.444 e. The second kappa shape index (κ2) is 8.30. The van der Waals surface area contributed by atoms with Gasteiger partial charge in [-0.15, -0.1) is 0 Å². The summed E-state index contributed by atoms with van der Waals surface area (Å²) in [5.41, 5.74) is -0.701. The first-order chi connectivity index (χ1) is 9.08. The number of nitrogens with one attached hydrogen (secondary N) is 1. The third-order valence-electron chi connectivity index (χ3n) is 2.66. The Kier molecular flexibility index (Phi) is 7.87. The maximum absolute atomic E-state index is 12.2. The Morgan fingerprint density at radius 1 is 1.15 bits per heavy atom. The van der Waals surface area contributed by atoms with Gasteiger partial charge >= 0.3 is 6.09 Å². The van der Waals surface area contributed by atoms with Crippen LogP contribution in [0.2, 0.25) is 0 Å². The zero-order chi connectivity index (χ0) is 15.8. The van der Waals surface area contributed by atoms with Crippen molar-refractivity contribution in [1.82, 2.24) is 10.2 Å². The maximum Gasteiger partial charge on any atom is 0.410 e. The molecule has 0 fully saturated rings. The molecule has 0 bridgehead atoms. The number of carbonyl (C=O) groups is 1. The smallest absolute Gasteiger partial charge is 0.410 e. The zero-order valence-electron chi connectivity index (χ0n) is 14.2. The monoisotopic (exact) mass is 284 g/mol. The molecule has 118 valence electrons. The van der Waals surface area contributed by atoms with Gasteiger partial charge in [0.15, 0.2) is 0 Å². The van der Waals surface area contributed by atoms with Crippen molar-refractivity contribution in [2.75, 3.05) is 19.6 Å². The van der Waals surface area contributed by atoms with Crippen molar-refractivity contribution >= 4 is 6.09 Å². The van der Waals surface area contributed by atoms with Crippen LogP contribution < -0.4 is 5.32 Å². The molecule has 4 heteroatoms. The molecule has 0 saturated heterocycles. The molecule has 0 aliphatic carbocycles. The summed E-state index contributed by atoms with van der Waals surface area (Å²) in [6.45, 7) is 16.1. The average Bonchev–Trinajstić information content (AvgIpc) is 2.23. The van der Waals surface area contributed by atoms with Crippen LogP contribution in [-0.4, -0.2) is 41.8 Å². The molecule has 4 nitrogen and oxygen atoms in total. The van der Waals surface area contributed by atoms with Gasteiger partial charge in [0.1, 0.15) is 5.60 Å². The van der Waals surface area contributed by atoms with E-state index in [1.165, 1.54) is 0 Å². The van der Waals surface area contributed by atoms with Crippen LogP contribution in [0.15, 0.2) is 12.2 Å². The lowest BCUT2D eigenvalue weighted by Crippen LogP contribution is -2.50. The summed E-state index contributed by atoms with van der Waals surface area (Å²) in [5, 5.41) is 3.34. The molecule has 0 aliphatic heterocycles. The van der Waals surface area contributed by atoms with Gasteiger partial charge in [-0.1, -0.05) is 12.2 Å². The van der Waals surface area contributed by atoms with Gasteiger partial charge in [0.05, 0.1) is 0 Å². The molecule has 20 heavy (non-hydrogen) atoms. The molecule has 1 amide bonds. The van der Waals surface area contributed by atoms with Gasteiger partial charge in [0.25, 0.3) is 0 Å². The quantitative estimate of drug-likeness (QED) is 0.599. The van der Waals surface area contributed by atoms with Gasteiger partial charge in [0.2, 0.25) is 0 Å². The highest BCUT2D eigenvalue weighted by Gasteiger charge is 2.29. The highest BCUT2D eigenvalue weighted by Crippen LogP contribution is 2.17. The van der Waals surface area contributed by atoms with Crippen LogP contribution in [0.1, 0.15) is 54.9 Å². The number of ether oxygens (including phenoxy) is 1. The first-order valence-corrected chi connectivity index (χ1v) is 7.40. The Balaban J connectivity index is 4.34. The van der Waals surface area contributed by atoms with E-state index < -0.39 is 5.60 Å². The molecule has 0 saturated carbocycles. The molecule has 0 radical (unpaired) electrons. The molecule has 0 spiro atoms. The van der Waals surface area contributed by atoms with E-state index in [9.17, 15) is 4.79 Å². The van der Waals surface area contributed by atoms with Crippen LogP contribution in [0.5, 0.6) is 0 Å². The number of nitrogens with zero attached hydrogens (tertiary/aromatic N) is 1. The summed E-state index contributed by atoms with van der Waals surface area (Å²) in [7, 11) is 0. The topological polar surface area (TPSA) is 41.6 Å². The molecule has 0 atom stereocenters. The average molecular weight is 284 g/mol. The predicted octanol–water partition coefficient (Wildman–Crippen LogP) is 3.58. The summed E-state index contributed by atoms with van der Waals surface area (Å²) in [5.74, 6) is 0. The highest BCUT2D eigenvalue weighted by atomic mass is 16.6. The molecule has 0 aliphatic rings. The standard InChI is InChI=1S/C16H32N2O2/c1-8-9-10-11-17-12-13-18(15(2,3)4)14(19)20-16(5,6)7/h8-9,17H,10-13H2,1-7H3/b9-8+. The van der Waals surface area contributed by atoms with E-state index in [1.807, 2.05) is 54.5 Å². The fourth-order valence-corrected chi connectivity index (χ4v) is 1.69. The van der Waals surface area contributed by atoms with Gasteiger partial charge in [-0.3, -0.25) is 0 Å². The Morgan fingerprint density at radius 2 is 1.75 bits per heavy atom. The summed E-state index contributed by atoms with van der Waals surface area (Å²) in [4.78, 5) is 14.0. The van der Waals surface area contributed by atoms with E-state index in [-0.39, 0.29) is 11.6 Å². The predicted molar refractivity (Wildman–Crippen MR) is 85.0 cm³/mol. The highest BCUT2D eigenvalue weighted by molar-refractivity contribution is 5.69. The van der Waals surface area contributed by atoms with Crippen molar-refractivity contribution in [3.05, 3.63) is 12.2 Å². The number of hydrogen-bond acceptors (Lipinski definition) is 3. The van der Waals surface area contributed by atoms with E-state index >= 15 is 0 Å². The first kappa shape index (κ1) is 19.0. The summed E-state index contributed by atoms with van der Waals surface area (Å²) in [6.07, 6.45) is 4.94. The van der Waals surface area contributed by atoms with E-state index in [4.69, 9.17) is 4.74 Å². The number of hydrogen-bond donors (Lipinski definition) is 1. The van der Waals surface area contributed by atoms with Crippen LogP contribution in [0.3, 0.4) is 0 Å². The Labute approximate surface area is 124 Å². The van der Waals surface area contributed by atoms with Gasteiger partial charge in [-0.25, -0.2) is 4.79 Å². The molecule has 0 unspecified atom stereocenters. The third-order valence-corrected chi connectivity index (χ3v) is 2.66. The molecule has 0 heterocycles. The summed E-state index contributed by atoms with van der Waals surface area (Å²) >= 11 is 0. The van der Waals surface area contributed by atoms with E-state index in [0.717, 1.165) is 19.5 Å². The fraction of sp³-hybridized carbons (Fsp3) is 0.812. The van der Waals surface area contributed by atoms with Crippen molar-refractivity contribution < 1.29 is 9.53 Å². The Morgan fingerprint density at radius 3 is 2.20 bits per heavy atom. The van der Waals surface area contributed by atoms with Crippen LogP contribution in [0.25, 0.3) is 0 Å². The van der Waals surface area contributed by atoms with Crippen LogP contribution in [0, 0.1) is 0 Å². The summed E-state index contributed by atoms with van der Waals surface area (Å²) < 4.78 is 5.47. The SMILES string of the molecule is C/C=C/CCNCCN(C(=O)OC(C)(C)C)C(C)(C)C. The molecule has 0 aromatic carbocycles. The molecule has 1 N–H and O–H groups in total. The fourth-order valence-electron chi connectivity index (χ4n) is 1.69. The number of rotatable bonds is 6. The molecular weight excluding hydrogens is 252 g/mol. The second-order valence-corrected chi connectivity index (χ2v) is 6.91. The number of amides is 1. The van der Waals surface area contributed by atoms with Crippen molar-refractivity contribution in [2.24, 2.45) is 0 Å². The van der Waals surface area contributed by atoms with Crippen molar-refractivity contribution in [3.8, 4) is 0 Å². The normalized spacial score (nSPS) is 12.8. The third kappa shape index (κ3) is 8.97. The number of allylic oxidation sites excluding steroid dienone is 1. The Hall–Kier alpha value is -1.03. The zero-order valence-corrected chi connectivity index (χ0v) is 14.2. The minimum Gasteiger partial charge on any atom is -0.444 e. The lowest BCUT2D eigenvalue weighted by atomic mass is 10.1. The van der Waals surface area contributed by atoms with E-state index in [1.54, 1.807) is 4.90 Å². The van der Waals surface area contributed by atoms with E-state index in [2.05, 4.69) is 11.4 Å². The van der Waals surface area contributed by atoms with Gasteiger partial charge in [-0.05, 0) is 61.4 Å². The lowest BCUT2D eigenvalue weighted by Gasteiger charge is -2.36.